The fourth-order valence-corrected chi connectivity index (χ4v) is 5.41. The second kappa shape index (κ2) is 8.50. The largest absolute Gasteiger partial charge is 0.486 e. The number of sulfone groups is 1. The Morgan fingerprint density at radius 1 is 0.938 bits per heavy atom. The summed E-state index contributed by atoms with van der Waals surface area (Å²) >= 11 is 0. The summed E-state index contributed by atoms with van der Waals surface area (Å²) < 4.78 is 44.4. The predicted octanol–water partition coefficient (Wildman–Crippen LogP) is 5.00. The van der Waals surface area contributed by atoms with Gasteiger partial charge in [-0.25, -0.2) is 8.42 Å². The molecule has 1 fully saturated rings. The Morgan fingerprint density at radius 3 is 2.41 bits per heavy atom. The fraction of sp³-hybridized carbons (Fsp3) is 0.375. The molecule has 2 aliphatic rings. The number of oxazole rings is 1. The molecule has 0 atom stereocenters. The number of aromatic nitrogens is 1. The van der Waals surface area contributed by atoms with Crippen LogP contribution in [0.4, 0.5) is 5.88 Å². The molecule has 1 saturated carbocycles. The van der Waals surface area contributed by atoms with E-state index < -0.39 is 9.84 Å². The van der Waals surface area contributed by atoms with Crippen molar-refractivity contribution in [3.63, 3.8) is 0 Å². The fourth-order valence-electron chi connectivity index (χ4n) is 4.13. The van der Waals surface area contributed by atoms with Gasteiger partial charge in [0.05, 0.1) is 4.90 Å². The summed E-state index contributed by atoms with van der Waals surface area (Å²) in [6.45, 7) is 2.82. The van der Waals surface area contributed by atoms with Crippen molar-refractivity contribution in [2.45, 2.75) is 55.0 Å². The Morgan fingerprint density at radius 2 is 1.66 bits per heavy atom. The molecule has 0 bridgehead atoms. The van der Waals surface area contributed by atoms with Crippen LogP contribution in [0.1, 0.15) is 37.7 Å². The summed E-state index contributed by atoms with van der Waals surface area (Å²) in [5.41, 5.74) is 1.83. The van der Waals surface area contributed by atoms with Crippen LogP contribution in [0.25, 0.3) is 11.5 Å². The lowest BCUT2D eigenvalue weighted by Gasteiger charge is -2.22. The highest BCUT2D eigenvalue weighted by Crippen LogP contribution is 2.38. The molecular weight excluding hydrogens is 428 g/mol. The van der Waals surface area contributed by atoms with Crippen molar-refractivity contribution in [2.75, 3.05) is 18.5 Å². The Labute approximate surface area is 187 Å². The van der Waals surface area contributed by atoms with Gasteiger partial charge < -0.3 is 19.2 Å². The molecule has 1 aliphatic heterocycles. The molecule has 0 radical (unpaired) electrons. The second-order valence-corrected chi connectivity index (χ2v) is 10.2. The summed E-state index contributed by atoms with van der Waals surface area (Å²) in [5, 5.41) is 3.22. The summed E-state index contributed by atoms with van der Waals surface area (Å²) in [4.78, 5) is 4.54. The lowest BCUT2D eigenvalue weighted by atomic mass is 9.96. The van der Waals surface area contributed by atoms with Crippen LogP contribution in [-0.4, -0.2) is 32.7 Å². The molecule has 1 aromatic heterocycles. The summed E-state index contributed by atoms with van der Waals surface area (Å²) in [6, 6.07) is 12.5. The minimum atomic E-state index is -3.95. The number of nitrogens with zero attached hydrogens (tertiary/aromatic N) is 1. The van der Waals surface area contributed by atoms with Gasteiger partial charge in [0.15, 0.2) is 11.5 Å². The zero-order valence-electron chi connectivity index (χ0n) is 18.0. The SMILES string of the molecule is Cc1ccc(-c2nc(S(=O)(=O)c3ccc4c(c3)OCCO4)c(NC3CCCCC3)o2)cc1. The number of nitrogens with one attached hydrogen (secondary N) is 1. The summed E-state index contributed by atoms with van der Waals surface area (Å²) in [5.74, 6) is 1.43. The number of rotatable bonds is 5. The van der Waals surface area contributed by atoms with Crippen LogP contribution in [0.5, 0.6) is 11.5 Å². The molecule has 0 spiro atoms. The molecule has 2 heterocycles. The van der Waals surface area contributed by atoms with E-state index >= 15 is 0 Å². The van der Waals surface area contributed by atoms with E-state index in [1.807, 2.05) is 31.2 Å². The van der Waals surface area contributed by atoms with Gasteiger partial charge in [-0.3, -0.25) is 0 Å². The smallest absolute Gasteiger partial charge is 0.234 e. The third-order valence-corrected chi connectivity index (χ3v) is 7.57. The molecule has 5 rings (SSSR count). The standard InChI is InChI=1S/C24H26N2O5S/c1-16-7-9-17(10-8-16)22-26-24(23(31-22)25-18-5-3-2-4-6-18)32(27,28)19-11-12-20-21(15-19)30-14-13-29-20/h7-12,15,18,25H,2-6,13-14H2,1H3. The topological polar surface area (TPSA) is 90.7 Å². The van der Waals surface area contributed by atoms with E-state index in [1.54, 1.807) is 6.07 Å². The maximum atomic E-state index is 13.6. The normalized spacial score (nSPS) is 16.7. The van der Waals surface area contributed by atoms with Crippen LogP contribution in [0, 0.1) is 6.92 Å². The molecule has 7 nitrogen and oxygen atoms in total. The summed E-state index contributed by atoms with van der Waals surface area (Å²) in [6.07, 6.45) is 5.38. The molecule has 0 saturated heterocycles. The van der Waals surface area contributed by atoms with Gasteiger partial charge in [-0.05, 0) is 44.0 Å². The van der Waals surface area contributed by atoms with E-state index in [0.29, 0.717) is 24.7 Å². The molecule has 168 valence electrons. The third kappa shape index (κ3) is 4.07. The van der Waals surface area contributed by atoms with Crippen LogP contribution >= 0.6 is 0 Å². The minimum absolute atomic E-state index is 0.0946. The highest BCUT2D eigenvalue weighted by Gasteiger charge is 2.31. The maximum Gasteiger partial charge on any atom is 0.234 e. The molecule has 1 aliphatic carbocycles. The maximum absolute atomic E-state index is 13.6. The molecule has 2 aromatic carbocycles. The Bertz CT molecular complexity index is 1210. The minimum Gasteiger partial charge on any atom is -0.486 e. The first-order valence-electron chi connectivity index (χ1n) is 11.0. The van der Waals surface area contributed by atoms with Crippen molar-refractivity contribution >= 4 is 15.7 Å². The monoisotopic (exact) mass is 454 g/mol. The van der Waals surface area contributed by atoms with E-state index in [1.165, 1.54) is 18.6 Å². The van der Waals surface area contributed by atoms with Gasteiger partial charge in [0.2, 0.25) is 26.6 Å². The van der Waals surface area contributed by atoms with Gasteiger partial charge in [0.25, 0.3) is 0 Å². The van der Waals surface area contributed by atoms with Gasteiger partial charge in [0.1, 0.15) is 13.2 Å². The Balaban J connectivity index is 1.56. The number of ether oxygens (including phenoxy) is 2. The average molecular weight is 455 g/mol. The number of aryl methyl sites for hydroxylation is 1. The van der Waals surface area contributed by atoms with Crippen molar-refractivity contribution in [3.8, 4) is 23.0 Å². The highest BCUT2D eigenvalue weighted by atomic mass is 32.2. The quantitative estimate of drug-likeness (QED) is 0.580. The molecular formula is C24H26N2O5S. The number of fused-ring (bicyclic) bond motifs is 1. The number of hydrogen-bond acceptors (Lipinski definition) is 7. The highest BCUT2D eigenvalue weighted by molar-refractivity contribution is 7.91. The number of hydrogen-bond donors (Lipinski definition) is 1. The zero-order valence-corrected chi connectivity index (χ0v) is 18.8. The Kier molecular flexibility index (Phi) is 5.55. The first-order valence-corrected chi connectivity index (χ1v) is 12.5. The first kappa shape index (κ1) is 20.9. The zero-order chi connectivity index (χ0) is 22.1. The predicted molar refractivity (Wildman–Crippen MR) is 120 cm³/mol. The molecule has 0 amide bonds. The number of benzene rings is 2. The van der Waals surface area contributed by atoms with Crippen molar-refractivity contribution in [1.29, 1.82) is 0 Å². The lowest BCUT2D eigenvalue weighted by Crippen LogP contribution is -2.23. The van der Waals surface area contributed by atoms with Crippen LogP contribution in [0.15, 0.2) is 56.8 Å². The van der Waals surface area contributed by atoms with E-state index in [9.17, 15) is 8.42 Å². The lowest BCUT2D eigenvalue weighted by molar-refractivity contribution is 0.171. The Hall–Kier alpha value is -3.00. The number of anilines is 1. The molecule has 8 heteroatoms. The van der Waals surface area contributed by atoms with Crippen LogP contribution < -0.4 is 14.8 Å². The van der Waals surface area contributed by atoms with Crippen molar-refractivity contribution in [2.24, 2.45) is 0 Å². The van der Waals surface area contributed by atoms with Gasteiger partial charge in [-0.1, -0.05) is 37.0 Å². The van der Waals surface area contributed by atoms with Crippen molar-refractivity contribution < 1.29 is 22.3 Å². The summed E-state index contributed by atoms with van der Waals surface area (Å²) in [7, 11) is -3.95. The van der Waals surface area contributed by atoms with Crippen LogP contribution in [0.2, 0.25) is 0 Å². The van der Waals surface area contributed by atoms with Crippen LogP contribution in [-0.2, 0) is 9.84 Å². The van der Waals surface area contributed by atoms with E-state index in [2.05, 4.69) is 10.3 Å². The van der Waals surface area contributed by atoms with Crippen LogP contribution in [0.3, 0.4) is 0 Å². The van der Waals surface area contributed by atoms with Crippen molar-refractivity contribution in [1.82, 2.24) is 4.98 Å². The van der Waals surface area contributed by atoms with Gasteiger partial charge in [-0.2, -0.15) is 4.98 Å². The second-order valence-electron chi connectivity index (χ2n) is 8.31. The molecule has 3 aromatic rings. The molecule has 32 heavy (non-hydrogen) atoms. The van der Waals surface area contributed by atoms with Gasteiger partial charge >= 0.3 is 0 Å². The third-order valence-electron chi connectivity index (χ3n) is 5.91. The van der Waals surface area contributed by atoms with E-state index in [0.717, 1.165) is 36.8 Å². The molecule has 1 N–H and O–H groups in total. The van der Waals surface area contributed by atoms with Gasteiger partial charge in [0, 0.05) is 17.7 Å². The molecule has 0 unspecified atom stereocenters. The van der Waals surface area contributed by atoms with E-state index in [-0.39, 0.29) is 27.7 Å². The van der Waals surface area contributed by atoms with Gasteiger partial charge in [-0.15, -0.1) is 0 Å². The first-order chi connectivity index (χ1) is 15.5. The van der Waals surface area contributed by atoms with E-state index in [4.69, 9.17) is 13.9 Å². The average Bonchev–Trinajstić information content (AvgIpc) is 3.24. The van der Waals surface area contributed by atoms with Crippen molar-refractivity contribution in [3.05, 3.63) is 48.0 Å².